The number of aromatic nitrogens is 1. The second-order valence-electron chi connectivity index (χ2n) is 3.13. The molecule has 0 saturated heterocycles. The van der Waals surface area contributed by atoms with E-state index in [0.29, 0.717) is 11.3 Å². The maximum atomic E-state index is 11.0. The van der Waals surface area contributed by atoms with E-state index < -0.39 is 0 Å². The third-order valence-electron chi connectivity index (χ3n) is 1.49. The van der Waals surface area contributed by atoms with Gasteiger partial charge in [-0.25, -0.2) is 0 Å². The molecule has 1 aromatic heterocycles. The van der Waals surface area contributed by atoms with Crippen LogP contribution in [0.25, 0.3) is 0 Å². The molecule has 1 heterocycles. The number of ether oxygens (including phenoxy) is 1. The zero-order valence-corrected chi connectivity index (χ0v) is 8.07. The minimum Gasteiger partial charge on any atom is -0.489 e. The van der Waals surface area contributed by atoms with Crippen molar-refractivity contribution in [2.45, 2.75) is 26.9 Å². The number of nitrogens with zero attached hydrogens (tertiary/aromatic N) is 1. The Morgan fingerprint density at radius 1 is 1.46 bits per heavy atom. The van der Waals surface area contributed by atoms with Gasteiger partial charge in [-0.3, -0.25) is 9.78 Å². The van der Waals surface area contributed by atoms with Crippen molar-refractivity contribution in [2.75, 3.05) is 0 Å². The van der Waals surface area contributed by atoms with Gasteiger partial charge in [0.25, 0.3) is 0 Å². The van der Waals surface area contributed by atoms with E-state index in [2.05, 4.69) is 4.98 Å². The Bertz CT molecular complexity index is 308. The predicted molar refractivity (Wildman–Crippen MR) is 50.0 cm³/mol. The molecular formula is C10H13NO2. The summed E-state index contributed by atoms with van der Waals surface area (Å²) in [5.41, 5.74) is 0.582. The fourth-order valence-corrected chi connectivity index (χ4v) is 0.948. The first-order valence-electron chi connectivity index (χ1n) is 4.22. The molecule has 0 N–H and O–H groups in total. The summed E-state index contributed by atoms with van der Waals surface area (Å²) >= 11 is 0. The molecule has 0 aliphatic heterocycles. The maximum Gasteiger partial charge on any atom is 0.161 e. The van der Waals surface area contributed by atoms with Gasteiger partial charge >= 0.3 is 0 Å². The van der Waals surface area contributed by atoms with Gasteiger partial charge in [0.05, 0.1) is 12.3 Å². The average Bonchev–Trinajstić information content (AvgIpc) is 2.03. The van der Waals surface area contributed by atoms with Gasteiger partial charge in [0.15, 0.2) is 5.78 Å². The summed E-state index contributed by atoms with van der Waals surface area (Å²) in [6, 6.07) is 1.70. The Balaban J connectivity index is 2.85. The lowest BCUT2D eigenvalue weighted by Gasteiger charge is -2.09. The quantitative estimate of drug-likeness (QED) is 0.667. The predicted octanol–water partition coefficient (Wildman–Crippen LogP) is 2.07. The molecule has 0 bridgehead atoms. The van der Waals surface area contributed by atoms with Crippen LogP contribution in [0.1, 0.15) is 31.1 Å². The van der Waals surface area contributed by atoms with Crippen molar-refractivity contribution in [2.24, 2.45) is 0 Å². The summed E-state index contributed by atoms with van der Waals surface area (Å²) in [4.78, 5) is 14.9. The molecule has 1 aromatic rings. The van der Waals surface area contributed by atoms with Gasteiger partial charge < -0.3 is 4.74 Å². The van der Waals surface area contributed by atoms with E-state index in [4.69, 9.17) is 4.74 Å². The number of ketones is 1. The molecule has 0 amide bonds. The van der Waals surface area contributed by atoms with Gasteiger partial charge in [-0.1, -0.05) is 0 Å². The van der Waals surface area contributed by atoms with E-state index in [0.717, 1.165) is 0 Å². The average molecular weight is 179 g/mol. The highest BCUT2D eigenvalue weighted by Crippen LogP contribution is 2.12. The minimum atomic E-state index is 0.00158. The lowest BCUT2D eigenvalue weighted by atomic mass is 10.2. The van der Waals surface area contributed by atoms with E-state index in [9.17, 15) is 4.79 Å². The van der Waals surface area contributed by atoms with Crippen LogP contribution in [0, 0.1) is 0 Å². The summed E-state index contributed by atoms with van der Waals surface area (Å²) in [5, 5.41) is 0. The van der Waals surface area contributed by atoms with Gasteiger partial charge in [-0.2, -0.15) is 0 Å². The molecule has 0 aromatic carbocycles. The van der Waals surface area contributed by atoms with Crippen LogP contribution in [0.15, 0.2) is 18.5 Å². The van der Waals surface area contributed by atoms with Crippen LogP contribution in [0.3, 0.4) is 0 Å². The Morgan fingerprint density at radius 3 is 2.69 bits per heavy atom. The zero-order chi connectivity index (χ0) is 9.84. The van der Waals surface area contributed by atoms with E-state index >= 15 is 0 Å². The third-order valence-corrected chi connectivity index (χ3v) is 1.49. The van der Waals surface area contributed by atoms with Crippen molar-refractivity contribution in [3.63, 3.8) is 0 Å². The first-order valence-corrected chi connectivity index (χ1v) is 4.22. The molecule has 1 rings (SSSR count). The smallest absolute Gasteiger partial charge is 0.161 e. The lowest BCUT2D eigenvalue weighted by molar-refractivity contribution is 0.101. The first kappa shape index (κ1) is 9.71. The monoisotopic (exact) mass is 179 g/mol. The van der Waals surface area contributed by atoms with Gasteiger partial charge in [0.1, 0.15) is 5.75 Å². The Labute approximate surface area is 77.8 Å². The highest BCUT2D eigenvalue weighted by molar-refractivity contribution is 5.94. The van der Waals surface area contributed by atoms with Crippen LogP contribution in [0.2, 0.25) is 0 Å². The highest BCUT2D eigenvalue weighted by Gasteiger charge is 2.02. The molecule has 0 radical (unpaired) electrons. The lowest BCUT2D eigenvalue weighted by Crippen LogP contribution is -2.06. The van der Waals surface area contributed by atoms with Crippen LogP contribution in [0.5, 0.6) is 5.75 Å². The van der Waals surface area contributed by atoms with Crippen molar-refractivity contribution in [3.05, 3.63) is 24.0 Å². The minimum absolute atomic E-state index is 0.00158. The van der Waals surface area contributed by atoms with Gasteiger partial charge in [0.2, 0.25) is 0 Å². The van der Waals surface area contributed by atoms with Crippen molar-refractivity contribution >= 4 is 5.78 Å². The van der Waals surface area contributed by atoms with Crippen molar-refractivity contribution in [1.29, 1.82) is 0 Å². The topological polar surface area (TPSA) is 39.2 Å². The standard InChI is InChI=1S/C10H13NO2/c1-7(2)13-10-4-9(8(3)12)5-11-6-10/h4-7H,1-3H3. The molecular weight excluding hydrogens is 166 g/mol. The van der Waals surface area contributed by atoms with Gasteiger partial charge in [-0.15, -0.1) is 0 Å². The van der Waals surface area contributed by atoms with E-state index in [1.807, 2.05) is 13.8 Å². The Morgan fingerprint density at radius 2 is 2.15 bits per heavy atom. The maximum absolute atomic E-state index is 11.0. The fraction of sp³-hybridized carbons (Fsp3) is 0.400. The molecule has 0 aliphatic rings. The molecule has 0 fully saturated rings. The first-order chi connectivity index (χ1) is 6.09. The molecule has 3 nitrogen and oxygen atoms in total. The van der Waals surface area contributed by atoms with Crippen LogP contribution >= 0.6 is 0 Å². The number of hydrogen-bond donors (Lipinski definition) is 0. The van der Waals surface area contributed by atoms with E-state index in [1.54, 1.807) is 12.3 Å². The van der Waals surface area contributed by atoms with Crippen LogP contribution in [-0.2, 0) is 0 Å². The Hall–Kier alpha value is -1.38. The van der Waals surface area contributed by atoms with Crippen LogP contribution in [-0.4, -0.2) is 16.9 Å². The molecule has 0 aliphatic carbocycles. The Kier molecular flexibility index (Phi) is 3.01. The second-order valence-corrected chi connectivity index (χ2v) is 3.13. The summed E-state index contributed by atoms with van der Waals surface area (Å²) in [6.07, 6.45) is 3.24. The number of pyridine rings is 1. The summed E-state index contributed by atoms with van der Waals surface area (Å²) in [5.74, 6) is 0.643. The summed E-state index contributed by atoms with van der Waals surface area (Å²) < 4.78 is 5.39. The summed E-state index contributed by atoms with van der Waals surface area (Å²) in [7, 11) is 0. The van der Waals surface area contributed by atoms with Crippen molar-refractivity contribution < 1.29 is 9.53 Å². The number of rotatable bonds is 3. The summed E-state index contributed by atoms with van der Waals surface area (Å²) in [6.45, 7) is 5.37. The molecule has 70 valence electrons. The third kappa shape index (κ3) is 2.86. The number of Topliss-reactive ketones (excluding diaryl/α,β-unsaturated/α-hetero) is 1. The van der Waals surface area contributed by atoms with Crippen LogP contribution < -0.4 is 4.74 Å². The fourth-order valence-electron chi connectivity index (χ4n) is 0.948. The number of carbonyl (C=O) groups is 1. The molecule has 13 heavy (non-hydrogen) atoms. The van der Waals surface area contributed by atoms with Crippen LogP contribution in [0.4, 0.5) is 0 Å². The number of hydrogen-bond acceptors (Lipinski definition) is 3. The van der Waals surface area contributed by atoms with Crippen molar-refractivity contribution in [1.82, 2.24) is 4.98 Å². The molecule has 3 heteroatoms. The van der Waals surface area contributed by atoms with Gasteiger partial charge in [0, 0.05) is 11.8 Å². The van der Waals surface area contributed by atoms with E-state index in [-0.39, 0.29) is 11.9 Å². The normalized spacial score (nSPS) is 10.2. The molecule has 0 saturated carbocycles. The largest absolute Gasteiger partial charge is 0.489 e. The van der Waals surface area contributed by atoms with Crippen molar-refractivity contribution in [3.8, 4) is 5.75 Å². The second kappa shape index (κ2) is 4.03. The zero-order valence-electron chi connectivity index (χ0n) is 8.07. The SMILES string of the molecule is CC(=O)c1cncc(OC(C)C)c1. The van der Waals surface area contributed by atoms with Gasteiger partial charge in [-0.05, 0) is 26.8 Å². The number of carbonyl (C=O) groups excluding carboxylic acids is 1. The molecule has 0 unspecified atom stereocenters. The van der Waals surface area contributed by atoms with E-state index in [1.165, 1.54) is 13.1 Å². The molecule has 0 atom stereocenters. The molecule has 0 spiro atoms. The highest BCUT2D eigenvalue weighted by atomic mass is 16.5.